The average Bonchev–Trinajstić information content (AvgIpc) is 3.27. The van der Waals surface area contributed by atoms with E-state index in [-0.39, 0.29) is 31.6 Å². The van der Waals surface area contributed by atoms with Gasteiger partial charge in [-0.25, -0.2) is 31.7 Å². The van der Waals surface area contributed by atoms with Gasteiger partial charge in [0.1, 0.15) is 11.4 Å². The van der Waals surface area contributed by atoms with Crippen LogP contribution in [0.25, 0.3) is 17.1 Å². The smallest absolute Gasteiger partial charge is 0.354 e. The van der Waals surface area contributed by atoms with Crippen molar-refractivity contribution in [3.8, 4) is 17.1 Å². The zero-order chi connectivity index (χ0) is 22.5. The van der Waals surface area contributed by atoms with E-state index in [1.807, 2.05) is 0 Å². The second-order valence-corrected chi connectivity index (χ2v) is 5.84. The third kappa shape index (κ3) is 5.06. The Labute approximate surface area is 191 Å². The van der Waals surface area contributed by atoms with Crippen LogP contribution in [0.15, 0.2) is 61.1 Å². The Morgan fingerprint density at radius 1 is 0.844 bits per heavy atom. The van der Waals surface area contributed by atoms with E-state index in [4.69, 9.17) is 5.11 Å². The Morgan fingerprint density at radius 2 is 1.47 bits per heavy atom. The quantitative estimate of drug-likeness (QED) is 0.154. The molecule has 167 valence electrons. The SMILES string of the molecule is Fc1c(F)c(F)c(-n2ccnc2-c2[c-]cccc2)c(F)c1F.O=C(O)c1ccccn1.[Ir]. The molecule has 11 heteroatoms. The van der Waals surface area contributed by atoms with Crippen molar-refractivity contribution < 1.29 is 52.0 Å². The summed E-state index contributed by atoms with van der Waals surface area (Å²) < 4.78 is 68.3. The van der Waals surface area contributed by atoms with Gasteiger partial charge in [-0.1, -0.05) is 6.07 Å². The van der Waals surface area contributed by atoms with Gasteiger partial charge in [-0.3, -0.25) is 4.98 Å². The molecule has 0 aliphatic carbocycles. The molecule has 0 bridgehead atoms. The van der Waals surface area contributed by atoms with Crippen LogP contribution in [0.5, 0.6) is 0 Å². The van der Waals surface area contributed by atoms with Gasteiger partial charge >= 0.3 is 5.97 Å². The molecule has 2 aromatic heterocycles. The Kier molecular flexibility index (Phi) is 8.34. The fraction of sp³-hybridized carbons (Fsp3) is 0. The van der Waals surface area contributed by atoms with Crippen LogP contribution in [0.3, 0.4) is 0 Å². The molecule has 5 nitrogen and oxygen atoms in total. The fourth-order valence-electron chi connectivity index (χ4n) is 2.51. The number of carboxylic acid groups (broad SMARTS) is 1. The summed E-state index contributed by atoms with van der Waals surface area (Å²) in [5, 5.41) is 8.32. The Balaban J connectivity index is 0.000000307. The van der Waals surface area contributed by atoms with Crippen LogP contribution in [0.4, 0.5) is 22.0 Å². The predicted octanol–water partition coefficient (Wildman–Crippen LogP) is 4.81. The van der Waals surface area contributed by atoms with Crippen LogP contribution in [-0.4, -0.2) is 25.6 Å². The van der Waals surface area contributed by atoms with Crippen molar-refractivity contribution in [1.82, 2.24) is 14.5 Å². The first kappa shape index (κ1) is 24.8. The number of benzene rings is 2. The summed E-state index contributed by atoms with van der Waals surface area (Å²) in [4.78, 5) is 17.6. The monoisotopic (exact) mass is 625 g/mol. The first-order valence-corrected chi connectivity index (χ1v) is 8.49. The largest absolute Gasteiger partial charge is 0.477 e. The van der Waals surface area contributed by atoms with Gasteiger partial charge in [0, 0.05) is 38.7 Å². The van der Waals surface area contributed by atoms with Gasteiger partial charge < -0.3 is 9.67 Å². The summed E-state index contributed by atoms with van der Waals surface area (Å²) in [5.74, 6) is -11.1. The third-order valence-corrected chi connectivity index (χ3v) is 3.90. The van der Waals surface area contributed by atoms with E-state index < -0.39 is 40.7 Å². The third-order valence-electron chi connectivity index (χ3n) is 3.90. The van der Waals surface area contributed by atoms with Crippen LogP contribution >= 0.6 is 0 Å². The van der Waals surface area contributed by atoms with Gasteiger partial charge in [0.15, 0.2) is 23.3 Å². The number of rotatable bonds is 3. The number of aromatic carboxylic acids is 1. The van der Waals surface area contributed by atoms with E-state index in [9.17, 15) is 26.7 Å². The molecule has 32 heavy (non-hydrogen) atoms. The Hall–Kier alpha value is -3.43. The minimum absolute atomic E-state index is 0. The molecule has 0 amide bonds. The van der Waals surface area contributed by atoms with E-state index in [0.717, 1.165) is 10.8 Å². The van der Waals surface area contributed by atoms with Crippen LogP contribution in [-0.2, 0) is 20.1 Å². The van der Waals surface area contributed by atoms with E-state index in [1.165, 1.54) is 24.5 Å². The first-order chi connectivity index (χ1) is 14.8. The maximum atomic E-state index is 13.9. The molecule has 2 heterocycles. The number of hydrogen-bond acceptors (Lipinski definition) is 3. The van der Waals surface area contributed by atoms with Gasteiger partial charge in [0.05, 0.1) is 5.82 Å². The normalized spacial score (nSPS) is 10.0. The minimum atomic E-state index is -2.20. The van der Waals surface area contributed by atoms with Crippen LogP contribution in [0.1, 0.15) is 10.5 Å². The van der Waals surface area contributed by atoms with Crippen molar-refractivity contribution >= 4 is 5.97 Å². The van der Waals surface area contributed by atoms with E-state index in [2.05, 4.69) is 16.0 Å². The van der Waals surface area contributed by atoms with Gasteiger partial charge in [0.2, 0.25) is 5.82 Å². The Bertz CT molecular complexity index is 1190. The molecule has 0 saturated heterocycles. The number of halogens is 5. The molecule has 0 atom stereocenters. The second kappa shape index (κ2) is 10.7. The predicted molar refractivity (Wildman–Crippen MR) is 98.8 cm³/mol. The van der Waals surface area contributed by atoms with Crippen molar-refractivity contribution in [3.05, 3.63) is 102 Å². The zero-order valence-corrected chi connectivity index (χ0v) is 18.1. The molecular formula is C21H11F5IrN3O2-. The van der Waals surface area contributed by atoms with Crippen molar-refractivity contribution in [3.63, 3.8) is 0 Å². The van der Waals surface area contributed by atoms with Crippen LogP contribution in [0.2, 0.25) is 0 Å². The van der Waals surface area contributed by atoms with Crippen LogP contribution in [0, 0.1) is 35.2 Å². The maximum absolute atomic E-state index is 13.9. The average molecular weight is 625 g/mol. The van der Waals surface area contributed by atoms with Gasteiger partial charge in [-0.05, 0) is 12.1 Å². The molecule has 4 aromatic rings. The number of aromatic nitrogens is 3. The fourth-order valence-corrected chi connectivity index (χ4v) is 2.51. The van der Waals surface area contributed by atoms with Crippen molar-refractivity contribution in [2.24, 2.45) is 0 Å². The standard InChI is InChI=1S/C15H6F5N2.C6H5NO2.Ir/c16-9-10(17)12(19)14(13(20)11(9)18)22-7-6-21-15(22)8-4-2-1-3-5-8;8-6(9)5-3-1-2-4-7-5;/h1-4,6-7H;1-4H,(H,8,9);/q-1;;. The molecular weight excluding hydrogens is 613 g/mol. The van der Waals surface area contributed by atoms with E-state index in [0.29, 0.717) is 5.56 Å². The molecule has 0 aliphatic heterocycles. The zero-order valence-electron chi connectivity index (χ0n) is 15.7. The maximum Gasteiger partial charge on any atom is 0.354 e. The van der Waals surface area contributed by atoms with Crippen molar-refractivity contribution in [1.29, 1.82) is 0 Å². The number of pyridine rings is 1. The number of nitrogens with zero attached hydrogens (tertiary/aromatic N) is 3. The number of carbonyl (C=O) groups is 1. The molecule has 2 aromatic carbocycles. The summed E-state index contributed by atoms with van der Waals surface area (Å²) >= 11 is 0. The molecule has 0 unspecified atom stereocenters. The topological polar surface area (TPSA) is 68.0 Å². The summed E-state index contributed by atoms with van der Waals surface area (Å²) in [5.41, 5.74) is -0.657. The molecule has 1 N–H and O–H groups in total. The molecule has 1 radical (unpaired) electrons. The molecule has 0 spiro atoms. The summed E-state index contributed by atoms with van der Waals surface area (Å²) in [7, 11) is 0. The number of imidazole rings is 1. The molecule has 0 saturated carbocycles. The van der Waals surface area contributed by atoms with E-state index >= 15 is 0 Å². The number of hydrogen-bond donors (Lipinski definition) is 1. The van der Waals surface area contributed by atoms with Gasteiger partial charge in [0.25, 0.3) is 0 Å². The summed E-state index contributed by atoms with van der Waals surface area (Å²) in [6, 6.07) is 13.9. The molecule has 0 fully saturated rings. The van der Waals surface area contributed by atoms with Gasteiger partial charge in [-0.15, -0.1) is 35.9 Å². The van der Waals surface area contributed by atoms with E-state index in [1.54, 1.807) is 30.3 Å². The van der Waals surface area contributed by atoms with Crippen molar-refractivity contribution in [2.75, 3.05) is 0 Å². The van der Waals surface area contributed by atoms with Crippen LogP contribution < -0.4 is 0 Å². The molecule has 0 aliphatic rings. The van der Waals surface area contributed by atoms with Gasteiger partial charge in [-0.2, -0.15) is 0 Å². The van der Waals surface area contributed by atoms with Crippen molar-refractivity contribution in [2.45, 2.75) is 0 Å². The summed E-state index contributed by atoms with van der Waals surface area (Å²) in [6.07, 6.45) is 3.74. The Morgan fingerprint density at radius 3 is 1.97 bits per heavy atom. The minimum Gasteiger partial charge on any atom is -0.477 e. The summed E-state index contributed by atoms with van der Waals surface area (Å²) in [6.45, 7) is 0. The second-order valence-electron chi connectivity index (χ2n) is 5.84. The first-order valence-electron chi connectivity index (χ1n) is 8.49. The number of carboxylic acids is 1. The molecule has 4 rings (SSSR count).